The van der Waals surface area contributed by atoms with Crippen molar-refractivity contribution in [3.05, 3.63) is 23.9 Å². The second-order valence-corrected chi connectivity index (χ2v) is 5.62. The lowest BCUT2D eigenvalue weighted by Crippen LogP contribution is -2.29. The van der Waals surface area contributed by atoms with Crippen LogP contribution >= 0.6 is 0 Å². The molecule has 0 amide bonds. The molecule has 1 aromatic rings. The van der Waals surface area contributed by atoms with Crippen LogP contribution in [0.2, 0.25) is 0 Å². The largest absolute Gasteiger partial charge is 0.367 e. The van der Waals surface area contributed by atoms with Crippen molar-refractivity contribution in [2.24, 2.45) is 0 Å². The molecular formula is C15H23N3. The van der Waals surface area contributed by atoms with E-state index in [1.165, 1.54) is 44.2 Å². The fraction of sp³-hybridized carbons (Fsp3) is 0.667. The fourth-order valence-electron chi connectivity index (χ4n) is 3.14. The molecule has 2 aliphatic rings. The SMILES string of the molecule is c1cc(NC2CCCC2)nc(C2CCCNC2)c1. The quantitative estimate of drug-likeness (QED) is 0.859. The van der Waals surface area contributed by atoms with E-state index in [1.54, 1.807) is 0 Å². The van der Waals surface area contributed by atoms with Crippen molar-refractivity contribution in [3.8, 4) is 0 Å². The maximum absolute atomic E-state index is 4.81. The summed E-state index contributed by atoms with van der Waals surface area (Å²) in [6.07, 6.45) is 7.88. The van der Waals surface area contributed by atoms with Gasteiger partial charge in [-0.3, -0.25) is 0 Å². The van der Waals surface area contributed by atoms with E-state index in [0.717, 1.165) is 18.9 Å². The third kappa shape index (κ3) is 2.83. The van der Waals surface area contributed by atoms with Crippen LogP contribution in [0, 0.1) is 0 Å². The molecule has 2 N–H and O–H groups in total. The predicted octanol–water partition coefficient (Wildman–Crippen LogP) is 2.90. The molecule has 3 heteroatoms. The molecule has 2 fully saturated rings. The minimum Gasteiger partial charge on any atom is -0.367 e. The molecule has 3 nitrogen and oxygen atoms in total. The molecule has 0 bridgehead atoms. The molecule has 0 aromatic carbocycles. The average molecular weight is 245 g/mol. The minimum atomic E-state index is 0.601. The van der Waals surface area contributed by atoms with Crippen molar-refractivity contribution in [2.45, 2.75) is 50.5 Å². The minimum absolute atomic E-state index is 0.601. The van der Waals surface area contributed by atoms with Gasteiger partial charge >= 0.3 is 0 Å². The number of hydrogen-bond acceptors (Lipinski definition) is 3. The molecule has 18 heavy (non-hydrogen) atoms. The molecule has 1 saturated carbocycles. The van der Waals surface area contributed by atoms with Gasteiger partial charge in [0.05, 0.1) is 0 Å². The number of hydrogen-bond donors (Lipinski definition) is 2. The summed E-state index contributed by atoms with van der Waals surface area (Å²) >= 11 is 0. The van der Waals surface area contributed by atoms with E-state index in [4.69, 9.17) is 4.98 Å². The van der Waals surface area contributed by atoms with Crippen LogP contribution in [0.5, 0.6) is 0 Å². The van der Waals surface area contributed by atoms with Gasteiger partial charge in [-0.15, -0.1) is 0 Å². The highest BCUT2D eigenvalue weighted by Gasteiger charge is 2.18. The molecule has 0 radical (unpaired) electrons. The van der Waals surface area contributed by atoms with Gasteiger partial charge in [0.1, 0.15) is 5.82 Å². The lowest BCUT2D eigenvalue weighted by molar-refractivity contribution is 0.455. The molecule has 98 valence electrons. The first-order valence-corrected chi connectivity index (χ1v) is 7.36. The first-order valence-electron chi connectivity index (χ1n) is 7.36. The molecular weight excluding hydrogens is 222 g/mol. The average Bonchev–Trinajstić information content (AvgIpc) is 2.93. The van der Waals surface area contributed by atoms with E-state index in [1.807, 2.05) is 0 Å². The van der Waals surface area contributed by atoms with E-state index in [9.17, 15) is 0 Å². The molecule has 1 aliphatic heterocycles. The van der Waals surface area contributed by atoms with Crippen LogP contribution in [0.25, 0.3) is 0 Å². The summed E-state index contributed by atoms with van der Waals surface area (Å²) in [5.41, 5.74) is 1.25. The number of anilines is 1. The molecule has 1 aliphatic carbocycles. The highest BCUT2D eigenvalue weighted by Crippen LogP contribution is 2.25. The van der Waals surface area contributed by atoms with E-state index < -0.39 is 0 Å². The summed E-state index contributed by atoms with van der Waals surface area (Å²) in [6, 6.07) is 7.08. The van der Waals surface area contributed by atoms with Crippen LogP contribution in [-0.2, 0) is 0 Å². The molecule has 1 unspecified atom stereocenters. The normalized spacial score (nSPS) is 25.2. The number of aromatic nitrogens is 1. The van der Waals surface area contributed by atoms with Crippen LogP contribution < -0.4 is 10.6 Å². The van der Waals surface area contributed by atoms with Crippen LogP contribution in [0.3, 0.4) is 0 Å². The van der Waals surface area contributed by atoms with Gasteiger partial charge < -0.3 is 10.6 Å². The predicted molar refractivity (Wildman–Crippen MR) is 75.0 cm³/mol. The topological polar surface area (TPSA) is 37.0 Å². The van der Waals surface area contributed by atoms with Gasteiger partial charge in [0.25, 0.3) is 0 Å². The van der Waals surface area contributed by atoms with Crippen LogP contribution in [0.15, 0.2) is 18.2 Å². The summed E-state index contributed by atoms with van der Waals surface area (Å²) in [5, 5.41) is 7.05. The fourth-order valence-corrected chi connectivity index (χ4v) is 3.14. The van der Waals surface area contributed by atoms with Crippen molar-refractivity contribution in [2.75, 3.05) is 18.4 Å². The monoisotopic (exact) mass is 245 g/mol. The number of rotatable bonds is 3. The number of nitrogens with zero attached hydrogens (tertiary/aromatic N) is 1. The summed E-state index contributed by atoms with van der Waals surface area (Å²) in [7, 11) is 0. The van der Waals surface area contributed by atoms with Crippen molar-refractivity contribution in [3.63, 3.8) is 0 Å². The zero-order chi connectivity index (χ0) is 12.2. The van der Waals surface area contributed by atoms with E-state index in [-0.39, 0.29) is 0 Å². The summed E-state index contributed by atoms with van der Waals surface area (Å²) < 4.78 is 0. The van der Waals surface area contributed by atoms with Crippen molar-refractivity contribution < 1.29 is 0 Å². The Balaban J connectivity index is 1.67. The number of piperidine rings is 1. The molecule has 1 atom stereocenters. The zero-order valence-electron chi connectivity index (χ0n) is 11.0. The van der Waals surface area contributed by atoms with Gasteiger partial charge in [0.15, 0.2) is 0 Å². The summed E-state index contributed by atoms with van der Waals surface area (Å²) in [5.74, 6) is 1.68. The standard InChI is InChI=1S/C15H23N3/c1-2-7-13(6-1)17-15-9-3-8-14(18-15)12-5-4-10-16-11-12/h3,8-9,12-13,16H,1-2,4-7,10-11H2,(H,17,18). The van der Waals surface area contributed by atoms with Crippen LogP contribution in [-0.4, -0.2) is 24.1 Å². The van der Waals surface area contributed by atoms with Crippen molar-refractivity contribution in [1.29, 1.82) is 0 Å². The van der Waals surface area contributed by atoms with Crippen LogP contribution in [0.1, 0.15) is 50.1 Å². The Labute approximate surface area is 109 Å². The maximum atomic E-state index is 4.81. The number of pyridine rings is 1. The second-order valence-electron chi connectivity index (χ2n) is 5.62. The molecule has 1 aromatic heterocycles. The molecule has 0 spiro atoms. The Morgan fingerprint density at radius 2 is 2.00 bits per heavy atom. The molecule has 3 rings (SSSR count). The lowest BCUT2D eigenvalue weighted by atomic mass is 9.96. The first-order chi connectivity index (χ1) is 8.92. The van der Waals surface area contributed by atoms with Gasteiger partial charge in [0, 0.05) is 24.2 Å². The van der Waals surface area contributed by atoms with E-state index in [0.29, 0.717) is 12.0 Å². The van der Waals surface area contributed by atoms with Gasteiger partial charge in [0.2, 0.25) is 0 Å². The second kappa shape index (κ2) is 5.70. The van der Waals surface area contributed by atoms with E-state index in [2.05, 4.69) is 28.8 Å². The number of nitrogens with one attached hydrogen (secondary N) is 2. The van der Waals surface area contributed by atoms with Crippen LogP contribution in [0.4, 0.5) is 5.82 Å². The molecule has 2 heterocycles. The smallest absolute Gasteiger partial charge is 0.126 e. The van der Waals surface area contributed by atoms with E-state index >= 15 is 0 Å². The Hall–Kier alpha value is -1.09. The van der Waals surface area contributed by atoms with Gasteiger partial charge in [-0.05, 0) is 44.4 Å². The van der Waals surface area contributed by atoms with Gasteiger partial charge in [-0.1, -0.05) is 18.9 Å². The summed E-state index contributed by atoms with van der Waals surface area (Å²) in [4.78, 5) is 4.81. The Morgan fingerprint density at radius 1 is 1.11 bits per heavy atom. The zero-order valence-corrected chi connectivity index (χ0v) is 11.0. The highest BCUT2D eigenvalue weighted by molar-refractivity contribution is 5.37. The van der Waals surface area contributed by atoms with Gasteiger partial charge in [-0.2, -0.15) is 0 Å². The first kappa shape index (κ1) is 12.0. The third-order valence-electron chi connectivity index (χ3n) is 4.19. The Kier molecular flexibility index (Phi) is 3.79. The van der Waals surface area contributed by atoms with Gasteiger partial charge in [-0.25, -0.2) is 4.98 Å². The Bertz CT molecular complexity index is 379. The van der Waals surface area contributed by atoms with Crippen molar-refractivity contribution in [1.82, 2.24) is 10.3 Å². The highest BCUT2D eigenvalue weighted by atomic mass is 15.0. The maximum Gasteiger partial charge on any atom is 0.126 e. The van der Waals surface area contributed by atoms with Crippen molar-refractivity contribution >= 4 is 5.82 Å². The Morgan fingerprint density at radius 3 is 2.78 bits per heavy atom. The lowest BCUT2D eigenvalue weighted by Gasteiger charge is -2.23. The summed E-state index contributed by atoms with van der Waals surface area (Å²) in [6.45, 7) is 2.25. The third-order valence-corrected chi connectivity index (χ3v) is 4.19. The molecule has 1 saturated heterocycles.